The van der Waals surface area contributed by atoms with Crippen molar-refractivity contribution < 1.29 is 0 Å². The molecule has 2 heterocycles. The van der Waals surface area contributed by atoms with Crippen LogP contribution >= 0.6 is 15.9 Å². The molecular weight excluding hydrogens is 392 g/mol. The maximum absolute atomic E-state index is 6.00. The van der Waals surface area contributed by atoms with Crippen molar-refractivity contribution in [2.75, 3.05) is 5.73 Å². The van der Waals surface area contributed by atoms with Crippen molar-refractivity contribution in [3.8, 4) is 11.4 Å². The molecule has 0 atom stereocenters. The first kappa shape index (κ1) is 16.3. The van der Waals surface area contributed by atoms with Crippen LogP contribution in [0.1, 0.15) is 0 Å². The summed E-state index contributed by atoms with van der Waals surface area (Å²) in [7, 11) is 0. The molecule has 126 valence electrons. The van der Waals surface area contributed by atoms with Crippen LogP contribution in [0.3, 0.4) is 0 Å². The van der Waals surface area contributed by atoms with E-state index in [9.17, 15) is 0 Å². The van der Waals surface area contributed by atoms with Crippen molar-refractivity contribution in [2.45, 2.75) is 0 Å². The van der Waals surface area contributed by atoms with Crippen molar-refractivity contribution in [1.29, 1.82) is 0 Å². The van der Waals surface area contributed by atoms with Gasteiger partial charge in [0.25, 0.3) is 0 Å². The van der Waals surface area contributed by atoms with E-state index in [2.05, 4.69) is 41.1 Å². The lowest BCUT2D eigenvalue weighted by molar-refractivity contribution is 1.17. The van der Waals surface area contributed by atoms with E-state index in [0.717, 1.165) is 20.8 Å². The van der Waals surface area contributed by atoms with Crippen LogP contribution in [0.5, 0.6) is 0 Å². The highest BCUT2D eigenvalue weighted by atomic mass is 79.9. The second-order valence-corrected chi connectivity index (χ2v) is 6.46. The van der Waals surface area contributed by atoms with Gasteiger partial charge in [-0.25, -0.2) is 15.0 Å². The predicted octanol–water partition coefficient (Wildman–Crippen LogP) is 5.45. The van der Waals surface area contributed by atoms with E-state index in [1.165, 1.54) is 0 Å². The fourth-order valence-corrected chi connectivity index (χ4v) is 2.88. The third kappa shape index (κ3) is 3.29. The number of nitrogens with two attached hydrogens (primary N) is 1. The smallest absolute Gasteiger partial charge is 0.159 e. The number of fused-ring (bicyclic) bond motifs is 1. The van der Waals surface area contributed by atoms with Crippen LogP contribution in [0.25, 0.3) is 22.2 Å². The first-order valence-electron chi connectivity index (χ1n) is 7.84. The minimum absolute atomic E-state index is 0.341. The van der Waals surface area contributed by atoms with Crippen LogP contribution in [0.4, 0.5) is 17.2 Å². The van der Waals surface area contributed by atoms with Crippen LogP contribution < -0.4 is 5.73 Å². The first-order chi connectivity index (χ1) is 12.7. The summed E-state index contributed by atoms with van der Waals surface area (Å²) >= 11 is 3.47. The van der Waals surface area contributed by atoms with Gasteiger partial charge < -0.3 is 5.73 Å². The molecule has 0 aliphatic carbocycles. The Morgan fingerprint density at radius 1 is 0.885 bits per heavy atom. The van der Waals surface area contributed by atoms with Crippen molar-refractivity contribution in [1.82, 2.24) is 15.0 Å². The fraction of sp³-hybridized carbons (Fsp3) is 0. The molecule has 2 N–H and O–H groups in total. The van der Waals surface area contributed by atoms with Crippen molar-refractivity contribution in [2.24, 2.45) is 10.2 Å². The van der Waals surface area contributed by atoms with Gasteiger partial charge in [0.05, 0.1) is 5.69 Å². The average Bonchev–Trinajstić information content (AvgIpc) is 2.68. The van der Waals surface area contributed by atoms with Crippen LogP contribution in [-0.2, 0) is 0 Å². The number of nitrogens with zero attached hydrogens (tertiary/aromatic N) is 5. The molecule has 0 aliphatic rings. The van der Waals surface area contributed by atoms with Crippen LogP contribution in [0.2, 0.25) is 0 Å². The van der Waals surface area contributed by atoms with E-state index in [-0.39, 0.29) is 0 Å². The molecule has 2 aromatic carbocycles. The summed E-state index contributed by atoms with van der Waals surface area (Å²) in [6.07, 6.45) is 5.15. The summed E-state index contributed by atoms with van der Waals surface area (Å²) in [5.74, 6) is 1.01. The number of benzene rings is 2. The number of nitrogen functional groups attached to an aromatic ring is 1. The largest absolute Gasteiger partial charge is 0.382 e. The fourth-order valence-electron chi connectivity index (χ4n) is 2.52. The highest BCUT2D eigenvalue weighted by Crippen LogP contribution is 2.33. The Kier molecular flexibility index (Phi) is 4.37. The van der Waals surface area contributed by atoms with Gasteiger partial charge in [-0.2, -0.15) is 5.11 Å². The lowest BCUT2D eigenvalue weighted by Gasteiger charge is -2.04. The Hall–Kier alpha value is -3.19. The second-order valence-electron chi connectivity index (χ2n) is 5.54. The Balaban J connectivity index is 1.67. The van der Waals surface area contributed by atoms with Gasteiger partial charge in [-0.15, -0.1) is 5.11 Å². The minimum Gasteiger partial charge on any atom is -0.382 e. The first-order valence-corrected chi connectivity index (χ1v) is 8.63. The van der Waals surface area contributed by atoms with E-state index in [1.807, 2.05) is 42.5 Å². The summed E-state index contributed by atoms with van der Waals surface area (Å²) in [6, 6.07) is 15.2. The molecule has 4 aromatic rings. The Morgan fingerprint density at radius 2 is 1.65 bits per heavy atom. The van der Waals surface area contributed by atoms with E-state index in [0.29, 0.717) is 23.0 Å². The lowest BCUT2D eigenvalue weighted by atomic mass is 10.1. The number of rotatable bonds is 3. The lowest BCUT2D eigenvalue weighted by Crippen LogP contribution is -1.90. The van der Waals surface area contributed by atoms with Crippen LogP contribution in [0, 0.1) is 0 Å². The molecule has 0 spiro atoms. The van der Waals surface area contributed by atoms with E-state index >= 15 is 0 Å². The maximum Gasteiger partial charge on any atom is 0.159 e. The number of pyridine rings is 1. The molecule has 0 bridgehead atoms. The topological polar surface area (TPSA) is 89.4 Å². The third-order valence-electron chi connectivity index (χ3n) is 3.81. The Bertz CT molecular complexity index is 1090. The highest BCUT2D eigenvalue weighted by Gasteiger charge is 2.07. The number of halogens is 1. The normalized spacial score (nSPS) is 11.3. The number of anilines is 1. The Labute approximate surface area is 158 Å². The summed E-state index contributed by atoms with van der Waals surface area (Å²) in [5, 5.41) is 10.5. The molecule has 0 aliphatic heterocycles. The monoisotopic (exact) mass is 404 g/mol. The predicted molar refractivity (Wildman–Crippen MR) is 105 cm³/mol. The molecule has 26 heavy (non-hydrogen) atoms. The molecule has 7 heteroatoms. The third-order valence-corrected chi connectivity index (χ3v) is 4.31. The standard InChI is InChI=1S/C19H13BrN6/c20-14-5-2-13-11-24-18(21)17(16(13)10-14)26-25-15-6-3-12(4-7-15)19-22-8-1-9-23-19/h1-11H,(H2,21,24). The van der Waals surface area contributed by atoms with Gasteiger partial charge in [0.15, 0.2) is 11.6 Å². The minimum atomic E-state index is 0.341. The molecule has 0 saturated carbocycles. The molecular formula is C19H13BrN6. The highest BCUT2D eigenvalue weighted by molar-refractivity contribution is 9.10. The number of hydrogen-bond donors (Lipinski definition) is 1. The molecule has 0 unspecified atom stereocenters. The number of hydrogen-bond acceptors (Lipinski definition) is 6. The molecule has 0 amide bonds. The average molecular weight is 405 g/mol. The SMILES string of the molecule is Nc1ncc2ccc(Br)cc2c1N=Nc1ccc(-c2ncccn2)cc1. The Morgan fingerprint density at radius 3 is 2.42 bits per heavy atom. The van der Waals surface area contributed by atoms with Crippen LogP contribution in [0.15, 0.2) is 81.8 Å². The van der Waals surface area contributed by atoms with Gasteiger partial charge in [-0.3, -0.25) is 0 Å². The maximum atomic E-state index is 6.00. The quantitative estimate of drug-likeness (QED) is 0.459. The molecule has 0 fully saturated rings. The van der Waals surface area contributed by atoms with Gasteiger partial charge in [0.2, 0.25) is 0 Å². The van der Waals surface area contributed by atoms with Gasteiger partial charge in [-0.05, 0) is 42.5 Å². The van der Waals surface area contributed by atoms with Crippen molar-refractivity contribution >= 4 is 43.9 Å². The summed E-state index contributed by atoms with van der Waals surface area (Å²) < 4.78 is 0.944. The van der Waals surface area contributed by atoms with Gasteiger partial charge in [0, 0.05) is 39.4 Å². The number of azo groups is 1. The summed E-state index contributed by atoms with van der Waals surface area (Å²) in [6.45, 7) is 0. The molecule has 4 rings (SSSR count). The van der Waals surface area contributed by atoms with E-state index < -0.39 is 0 Å². The van der Waals surface area contributed by atoms with Gasteiger partial charge in [0.1, 0.15) is 5.69 Å². The molecule has 0 radical (unpaired) electrons. The van der Waals surface area contributed by atoms with Gasteiger partial charge >= 0.3 is 0 Å². The van der Waals surface area contributed by atoms with Crippen molar-refractivity contribution in [3.05, 3.63) is 71.6 Å². The van der Waals surface area contributed by atoms with Gasteiger partial charge in [-0.1, -0.05) is 22.0 Å². The zero-order valence-electron chi connectivity index (χ0n) is 13.5. The summed E-state index contributed by atoms with van der Waals surface area (Å²) in [5.41, 5.74) is 8.18. The zero-order chi connectivity index (χ0) is 17.9. The second kappa shape index (κ2) is 6.97. The number of aromatic nitrogens is 3. The van der Waals surface area contributed by atoms with Crippen LogP contribution in [-0.4, -0.2) is 15.0 Å². The molecule has 0 saturated heterocycles. The zero-order valence-corrected chi connectivity index (χ0v) is 15.1. The van der Waals surface area contributed by atoms with E-state index in [1.54, 1.807) is 24.7 Å². The molecule has 6 nitrogen and oxygen atoms in total. The van der Waals surface area contributed by atoms with Crippen molar-refractivity contribution in [3.63, 3.8) is 0 Å². The summed E-state index contributed by atoms with van der Waals surface area (Å²) in [4.78, 5) is 12.7. The van der Waals surface area contributed by atoms with E-state index in [4.69, 9.17) is 5.73 Å². The molecule has 2 aromatic heterocycles.